The van der Waals surface area contributed by atoms with Gasteiger partial charge in [0.15, 0.2) is 6.39 Å². The lowest BCUT2D eigenvalue weighted by Crippen LogP contribution is -2.11. The summed E-state index contributed by atoms with van der Waals surface area (Å²) in [6.07, 6.45) is 5.79. The first-order valence-corrected chi connectivity index (χ1v) is 9.68. The molecule has 2 aromatic carbocycles. The lowest BCUT2D eigenvalue weighted by molar-refractivity contribution is -0.116. The predicted molar refractivity (Wildman–Crippen MR) is 107 cm³/mol. The second kappa shape index (κ2) is 8.14. The quantitative estimate of drug-likeness (QED) is 0.500. The van der Waals surface area contributed by atoms with Crippen molar-refractivity contribution in [3.05, 3.63) is 77.5 Å². The molecule has 4 aromatic rings. The Bertz CT molecular complexity index is 990. The highest BCUT2D eigenvalue weighted by atomic mass is 32.1. The monoisotopic (exact) mass is 377 g/mol. The van der Waals surface area contributed by atoms with Crippen LogP contribution in [0.3, 0.4) is 0 Å². The van der Waals surface area contributed by atoms with E-state index in [1.54, 1.807) is 17.5 Å². The summed E-state index contributed by atoms with van der Waals surface area (Å²) in [6.45, 7) is 0. The SMILES string of the molecule is O=C(CCCc1cnco1)Nc1ccc(Cc2nc3ccccc3s2)cc1. The molecular formula is C21H19N3O2S. The maximum Gasteiger partial charge on any atom is 0.224 e. The summed E-state index contributed by atoms with van der Waals surface area (Å²) in [6, 6.07) is 16.1. The first-order chi connectivity index (χ1) is 13.3. The van der Waals surface area contributed by atoms with Gasteiger partial charge in [-0.15, -0.1) is 11.3 Å². The number of rotatable bonds is 7. The second-order valence-corrected chi connectivity index (χ2v) is 7.43. The van der Waals surface area contributed by atoms with Crippen molar-refractivity contribution in [1.29, 1.82) is 0 Å². The van der Waals surface area contributed by atoms with Crippen molar-refractivity contribution < 1.29 is 9.21 Å². The lowest BCUT2D eigenvalue weighted by atomic mass is 10.1. The van der Waals surface area contributed by atoms with Gasteiger partial charge < -0.3 is 9.73 Å². The highest BCUT2D eigenvalue weighted by molar-refractivity contribution is 7.18. The van der Waals surface area contributed by atoms with E-state index in [1.807, 2.05) is 42.5 Å². The van der Waals surface area contributed by atoms with Crippen LogP contribution in [0.1, 0.15) is 29.2 Å². The van der Waals surface area contributed by atoms with Crippen LogP contribution in [0.25, 0.3) is 10.2 Å². The maximum absolute atomic E-state index is 12.1. The number of hydrogen-bond donors (Lipinski definition) is 1. The smallest absolute Gasteiger partial charge is 0.224 e. The molecule has 2 heterocycles. The van der Waals surface area contributed by atoms with Crippen molar-refractivity contribution in [1.82, 2.24) is 9.97 Å². The molecule has 136 valence electrons. The molecule has 0 saturated carbocycles. The van der Waals surface area contributed by atoms with Crippen molar-refractivity contribution in [2.75, 3.05) is 5.32 Å². The number of anilines is 1. The average molecular weight is 377 g/mol. The topological polar surface area (TPSA) is 68.0 Å². The van der Waals surface area contributed by atoms with Crippen LogP contribution in [-0.2, 0) is 17.6 Å². The van der Waals surface area contributed by atoms with Gasteiger partial charge in [0.2, 0.25) is 5.91 Å². The molecule has 0 aliphatic heterocycles. The van der Waals surface area contributed by atoms with E-state index in [1.165, 1.54) is 16.7 Å². The third kappa shape index (κ3) is 4.60. The highest BCUT2D eigenvalue weighted by Gasteiger charge is 2.06. The van der Waals surface area contributed by atoms with Crippen LogP contribution in [0.5, 0.6) is 0 Å². The molecule has 0 radical (unpaired) electrons. The van der Waals surface area contributed by atoms with E-state index in [9.17, 15) is 4.79 Å². The molecule has 0 atom stereocenters. The fraction of sp³-hybridized carbons (Fsp3) is 0.190. The Morgan fingerprint density at radius 1 is 1.11 bits per heavy atom. The minimum absolute atomic E-state index is 0.00781. The molecule has 6 heteroatoms. The molecule has 0 bridgehead atoms. The molecule has 1 amide bonds. The number of oxazole rings is 1. The van der Waals surface area contributed by atoms with Crippen molar-refractivity contribution in [2.45, 2.75) is 25.7 Å². The van der Waals surface area contributed by atoms with Gasteiger partial charge in [-0.25, -0.2) is 9.97 Å². The van der Waals surface area contributed by atoms with E-state index < -0.39 is 0 Å². The largest absolute Gasteiger partial charge is 0.449 e. The van der Waals surface area contributed by atoms with Crippen LogP contribution in [0, 0.1) is 0 Å². The molecule has 27 heavy (non-hydrogen) atoms. The standard InChI is InChI=1S/C21H19N3O2S/c25-20(7-3-4-17-13-22-14-26-17)23-16-10-8-15(9-11-16)12-21-24-18-5-1-2-6-19(18)27-21/h1-2,5-6,8-11,13-14H,3-4,7,12H2,(H,23,25). The van der Waals surface area contributed by atoms with Gasteiger partial charge in [0.25, 0.3) is 0 Å². The number of carbonyl (C=O) groups is 1. The normalized spacial score (nSPS) is 11.0. The first kappa shape index (κ1) is 17.4. The van der Waals surface area contributed by atoms with Crippen molar-refractivity contribution in [3.8, 4) is 0 Å². The molecule has 0 fully saturated rings. The number of para-hydroxylation sites is 1. The Morgan fingerprint density at radius 2 is 1.96 bits per heavy atom. The van der Waals surface area contributed by atoms with Gasteiger partial charge in [0.1, 0.15) is 5.76 Å². The number of benzene rings is 2. The lowest BCUT2D eigenvalue weighted by Gasteiger charge is -2.06. The highest BCUT2D eigenvalue weighted by Crippen LogP contribution is 2.24. The zero-order chi connectivity index (χ0) is 18.5. The molecule has 0 unspecified atom stereocenters. The number of thiazole rings is 1. The fourth-order valence-corrected chi connectivity index (χ4v) is 3.89. The summed E-state index contributed by atoms with van der Waals surface area (Å²) in [5, 5.41) is 4.03. The molecule has 0 spiro atoms. The zero-order valence-corrected chi connectivity index (χ0v) is 15.5. The van der Waals surface area contributed by atoms with Gasteiger partial charge in [-0.1, -0.05) is 24.3 Å². The fourth-order valence-electron chi connectivity index (χ4n) is 2.89. The number of nitrogens with one attached hydrogen (secondary N) is 1. The summed E-state index contributed by atoms with van der Waals surface area (Å²) in [5.41, 5.74) is 3.04. The Kier molecular flexibility index (Phi) is 5.25. The molecule has 0 aliphatic carbocycles. The average Bonchev–Trinajstić information content (AvgIpc) is 3.32. The van der Waals surface area contributed by atoms with Crippen LogP contribution in [0.15, 0.2) is 65.5 Å². The van der Waals surface area contributed by atoms with Crippen LogP contribution in [0.4, 0.5) is 5.69 Å². The second-order valence-electron chi connectivity index (χ2n) is 6.32. The molecule has 0 saturated heterocycles. The van der Waals surface area contributed by atoms with E-state index in [-0.39, 0.29) is 5.91 Å². The van der Waals surface area contributed by atoms with Crippen molar-refractivity contribution >= 4 is 33.1 Å². The molecule has 4 rings (SSSR count). The minimum Gasteiger partial charge on any atom is -0.449 e. The van der Waals surface area contributed by atoms with Gasteiger partial charge in [-0.05, 0) is 36.2 Å². The predicted octanol–water partition coefficient (Wildman–Crippen LogP) is 4.84. The van der Waals surface area contributed by atoms with Gasteiger partial charge >= 0.3 is 0 Å². The van der Waals surface area contributed by atoms with Crippen LogP contribution >= 0.6 is 11.3 Å². The summed E-state index contributed by atoms with van der Waals surface area (Å²) in [5.74, 6) is 0.815. The Hall–Kier alpha value is -2.99. The van der Waals surface area contributed by atoms with Crippen molar-refractivity contribution in [2.24, 2.45) is 0 Å². The molecular weight excluding hydrogens is 358 g/mol. The maximum atomic E-state index is 12.1. The van der Waals surface area contributed by atoms with E-state index in [0.29, 0.717) is 12.8 Å². The van der Waals surface area contributed by atoms with E-state index >= 15 is 0 Å². The molecule has 0 aliphatic rings. The van der Waals surface area contributed by atoms with Gasteiger partial charge in [-0.3, -0.25) is 4.79 Å². The number of nitrogens with zero attached hydrogens (tertiary/aromatic N) is 2. The Morgan fingerprint density at radius 3 is 2.74 bits per heavy atom. The summed E-state index contributed by atoms with van der Waals surface area (Å²) in [7, 11) is 0. The summed E-state index contributed by atoms with van der Waals surface area (Å²) < 4.78 is 6.38. The minimum atomic E-state index is 0.00781. The number of carbonyl (C=O) groups excluding carboxylic acids is 1. The van der Waals surface area contributed by atoms with Gasteiger partial charge in [0.05, 0.1) is 21.4 Å². The third-order valence-electron chi connectivity index (χ3n) is 4.24. The molecule has 2 aromatic heterocycles. The van der Waals surface area contributed by atoms with E-state index in [2.05, 4.69) is 21.4 Å². The van der Waals surface area contributed by atoms with Crippen LogP contribution < -0.4 is 5.32 Å². The Labute approximate surface area is 161 Å². The number of aryl methyl sites for hydroxylation is 1. The van der Waals surface area contributed by atoms with Gasteiger partial charge in [-0.2, -0.15) is 0 Å². The summed E-state index contributed by atoms with van der Waals surface area (Å²) in [4.78, 5) is 20.6. The zero-order valence-electron chi connectivity index (χ0n) is 14.7. The van der Waals surface area contributed by atoms with Crippen LogP contribution in [0.2, 0.25) is 0 Å². The molecule has 5 nitrogen and oxygen atoms in total. The first-order valence-electron chi connectivity index (χ1n) is 8.87. The van der Waals surface area contributed by atoms with E-state index in [4.69, 9.17) is 4.42 Å². The Balaban J connectivity index is 1.29. The van der Waals surface area contributed by atoms with Gasteiger partial charge in [0, 0.05) is 24.9 Å². The van der Waals surface area contributed by atoms with Crippen LogP contribution in [-0.4, -0.2) is 15.9 Å². The number of fused-ring (bicyclic) bond motifs is 1. The number of aromatic nitrogens is 2. The number of amides is 1. The summed E-state index contributed by atoms with van der Waals surface area (Å²) >= 11 is 1.72. The molecule has 1 N–H and O–H groups in total. The van der Waals surface area contributed by atoms with E-state index in [0.717, 1.165) is 34.8 Å². The van der Waals surface area contributed by atoms with Crippen molar-refractivity contribution in [3.63, 3.8) is 0 Å². The third-order valence-corrected chi connectivity index (χ3v) is 5.28. The number of hydrogen-bond acceptors (Lipinski definition) is 5.